The minimum atomic E-state index is -3.70. The van der Waals surface area contributed by atoms with Gasteiger partial charge in [-0.15, -0.1) is 0 Å². The molecular weight excluding hydrogens is 388 g/mol. The van der Waals surface area contributed by atoms with Crippen LogP contribution in [-0.2, 0) is 10.0 Å². The summed E-state index contributed by atoms with van der Waals surface area (Å²) in [5.74, 6) is 0.909. The number of amidine groups is 1. The second-order valence-electron chi connectivity index (χ2n) is 7.16. The molecule has 1 aliphatic heterocycles. The van der Waals surface area contributed by atoms with Crippen LogP contribution in [0.3, 0.4) is 0 Å². The highest BCUT2D eigenvalue weighted by Crippen LogP contribution is 2.29. The number of nitrogens with zero attached hydrogens (tertiary/aromatic N) is 1. The van der Waals surface area contributed by atoms with Crippen molar-refractivity contribution in [2.24, 2.45) is 0 Å². The number of rotatable bonds is 4. The van der Waals surface area contributed by atoms with Gasteiger partial charge in [-0.05, 0) is 62.2 Å². The number of nitrogens with one attached hydrogen (secondary N) is 3. The van der Waals surface area contributed by atoms with E-state index in [1.54, 1.807) is 55.3 Å². The third-order valence-corrected chi connectivity index (χ3v) is 6.58. The number of furan rings is 1. The first-order chi connectivity index (χ1) is 13.8. The lowest BCUT2D eigenvalue weighted by atomic mass is 10.1. The smallest absolute Gasteiger partial charge is 0.262 e. The van der Waals surface area contributed by atoms with Gasteiger partial charge in [0.05, 0.1) is 23.4 Å². The van der Waals surface area contributed by atoms with Crippen LogP contribution in [0, 0.1) is 26.2 Å². The molecular formula is C21H22N4O3S. The number of anilines is 3. The second-order valence-corrected chi connectivity index (χ2v) is 8.77. The Hall–Kier alpha value is -3.26. The number of benzene rings is 2. The van der Waals surface area contributed by atoms with E-state index in [1.807, 2.05) is 19.1 Å². The molecule has 3 N–H and O–H groups in total. The number of fused-ring (bicyclic) bond motifs is 1. The predicted octanol–water partition coefficient (Wildman–Crippen LogP) is 4.22. The predicted molar refractivity (Wildman–Crippen MR) is 114 cm³/mol. The van der Waals surface area contributed by atoms with Gasteiger partial charge in [0, 0.05) is 11.4 Å². The van der Waals surface area contributed by atoms with Gasteiger partial charge in [0.1, 0.15) is 5.84 Å². The Balaban J connectivity index is 1.57. The molecule has 0 amide bonds. The minimum absolute atomic E-state index is 0.307. The average molecular weight is 410 g/mol. The summed E-state index contributed by atoms with van der Waals surface area (Å²) < 4.78 is 33.8. The summed E-state index contributed by atoms with van der Waals surface area (Å²) in [6.45, 7) is 5.95. The highest BCUT2D eigenvalue weighted by atomic mass is 32.2. The van der Waals surface area contributed by atoms with E-state index in [1.165, 1.54) is 0 Å². The number of aryl methyl sites for hydroxylation is 3. The Kier molecular flexibility index (Phi) is 4.58. The molecule has 2 heterocycles. The molecule has 29 heavy (non-hydrogen) atoms. The molecule has 2 aromatic carbocycles. The van der Waals surface area contributed by atoms with Gasteiger partial charge >= 0.3 is 0 Å². The van der Waals surface area contributed by atoms with E-state index in [4.69, 9.17) is 9.83 Å². The van der Waals surface area contributed by atoms with Gasteiger partial charge in [0.25, 0.3) is 10.0 Å². The van der Waals surface area contributed by atoms with Gasteiger partial charge in [0.15, 0.2) is 0 Å². The number of hydrogen-bond acceptors (Lipinski definition) is 5. The van der Waals surface area contributed by atoms with Crippen LogP contribution in [0.15, 0.2) is 58.0 Å². The van der Waals surface area contributed by atoms with Crippen LogP contribution in [-0.4, -0.2) is 20.9 Å². The van der Waals surface area contributed by atoms with Crippen molar-refractivity contribution in [1.29, 1.82) is 5.41 Å². The van der Waals surface area contributed by atoms with E-state index in [2.05, 4.69) is 10.0 Å². The second kappa shape index (κ2) is 6.97. The third kappa shape index (κ3) is 3.47. The molecule has 7 nitrogen and oxygen atoms in total. The fraction of sp³-hybridized carbons (Fsp3) is 0.190. The van der Waals surface area contributed by atoms with Gasteiger partial charge in [-0.1, -0.05) is 17.7 Å². The molecule has 0 radical (unpaired) electrons. The summed E-state index contributed by atoms with van der Waals surface area (Å²) in [4.78, 5) is 2.09. The first-order valence-corrected chi connectivity index (χ1v) is 10.6. The van der Waals surface area contributed by atoms with Crippen molar-refractivity contribution >= 4 is 33.1 Å². The van der Waals surface area contributed by atoms with Crippen molar-refractivity contribution in [3.8, 4) is 0 Å². The molecule has 0 spiro atoms. The van der Waals surface area contributed by atoms with Crippen LogP contribution in [0.5, 0.6) is 0 Å². The average Bonchev–Trinajstić information content (AvgIpc) is 3.11. The zero-order valence-electron chi connectivity index (χ0n) is 16.4. The van der Waals surface area contributed by atoms with E-state index in [-0.39, 0.29) is 0 Å². The van der Waals surface area contributed by atoms with E-state index in [0.717, 1.165) is 22.4 Å². The normalized spacial score (nSPS) is 13.8. The van der Waals surface area contributed by atoms with Gasteiger partial charge < -0.3 is 14.6 Å². The molecule has 0 fully saturated rings. The van der Waals surface area contributed by atoms with E-state index >= 15 is 0 Å². The van der Waals surface area contributed by atoms with E-state index < -0.39 is 10.0 Å². The van der Waals surface area contributed by atoms with Crippen LogP contribution in [0.25, 0.3) is 0 Å². The van der Waals surface area contributed by atoms with Crippen molar-refractivity contribution in [2.45, 2.75) is 25.7 Å². The van der Waals surface area contributed by atoms with Gasteiger partial charge in [-0.2, -0.15) is 0 Å². The Morgan fingerprint density at radius 1 is 1.07 bits per heavy atom. The zero-order chi connectivity index (χ0) is 20.8. The number of sulfonamides is 1. The minimum Gasteiger partial charge on any atom is -0.448 e. The molecule has 1 aliphatic rings. The maximum atomic E-state index is 12.9. The lowest BCUT2D eigenvalue weighted by Crippen LogP contribution is -2.39. The fourth-order valence-corrected chi connectivity index (χ4v) is 5.25. The zero-order valence-corrected chi connectivity index (χ0v) is 17.2. The lowest BCUT2D eigenvalue weighted by molar-refractivity contribution is 0.577. The van der Waals surface area contributed by atoms with E-state index in [9.17, 15) is 8.42 Å². The summed E-state index contributed by atoms with van der Waals surface area (Å²) in [7, 11) is -3.70. The fourth-order valence-electron chi connectivity index (χ4n) is 3.73. The van der Waals surface area contributed by atoms with Crippen molar-refractivity contribution in [1.82, 2.24) is 0 Å². The molecule has 0 aliphatic carbocycles. The maximum absolute atomic E-state index is 12.9. The maximum Gasteiger partial charge on any atom is 0.262 e. The van der Waals surface area contributed by atoms with Crippen molar-refractivity contribution < 1.29 is 12.8 Å². The molecule has 4 rings (SSSR count). The topological polar surface area (TPSA) is 98.4 Å². The largest absolute Gasteiger partial charge is 0.448 e. The highest BCUT2D eigenvalue weighted by Gasteiger charge is 2.25. The Bertz CT molecular complexity index is 1170. The molecule has 0 saturated heterocycles. The molecule has 1 aromatic heterocycles. The van der Waals surface area contributed by atoms with Gasteiger partial charge in [-0.25, -0.2) is 8.42 Å². The van der Waals surface area contributed by atoms with Crippen LogP contribution in [0.2, 0.25) is 0 Å². The summed E-state index contributed by atoms with van der Waals surface area (Å²) in [6, 6.07) is 12.4. The van der Waals surface area contributed by atoms with Crippen LogP contribution in [0.4, 0.5) is 17.3 Å². The van der Waals surface area contributed by atoms with Crippen LogP contribution in [0.1, 0.15) is 22.3 Å². The number of hydrogen-bond donors (Lipinski definition) is 3. The van der Waals surface area contributed by atoms with Crippen molar-refractivity contribution in [2.75, 3.05) is 21.6 Å². The first-order valence-electron chi connectivity index (χ1n) is 9.15. The van der Waals surface area contributed by atoms with Crippen LogP contribution >= 0.6 is 0 Å². The summed E-state index contributed by atoms with van der Waals surface area (Å²) in [6.07, 6.45) is 1.54. The third-order valence-electron chi connectivity index (χ3n) is 4.89. The van der Waals surface area contributed by atoms with E-state index in [0.29, 0.717) is 34.5 Å². The molecule has 0 bridgehead atoms. The molecule has 0 unspecified atom stereocenters. The monoisotopic (exact) mass is 410 g/mol. The first kappa shape index (κ1) is 19.1. The SMILES string of the molecule is Cc1cc(C)c(S(=O)(=O)Nc2ccc(N3CNc4occc4C3=N)cc2)c(C)c1. The quantitative estimate of drug-likeness (QED) is 0.598. The van der Waals surface area contributed by atoms with Crippen molar-refractivity contribution in [3.63, 3.8) is 0 Å². The van der Waals surface area contributed by atoms with Gasteiger partial charge in [0.2, 0.25) is 5.88 Å². The molecule has 0 atom stereocenters. The Morgan fingerprint density at radius 3 is 2.38 bits per heavy atom. The summed E-state index contributed by atoms with van der Waals surface area (Å²) >= 11 is 0. The standard InChI is InChI=1S/C21H22N4O3S/c1-13-10-14(2)19(15(3)11-13)29(26,27)24-16-4-6-17(7-5-16)25-12-23-21-18(20(25)22)8-9-28-21/h4-11,22-24H,12H2,1-3H3. The van der Waals surface area contributed by atoms with Crippen LogP contribution < -0.4 is 14.9 Å². The van der Waals surface area contributed by atoms with Gasteiger partial charge in [-0.3, -0.25) is 10.1 Å². The molecule has 8 heteroatoms. The molecule has 3 aromatic rings. The summed E-state index contributed by atoms with van der Waals surface area (Å²) in [5.41, 5.74) is 4.40. The molecule has 0 saturated carbocycles. The highest BCUT2D eigenvalue weighted by molar-refractivity contribution is 7.92. The Labute approximate surface area is 169 Å². The Morgan fingerprint density at radius 2 is 1.72 bits per heavy atom. The van der Waals surface area contributed by atoms with Crippen molar-refractivity contribution in [3.05, 3.63) is 71.0 Å². The summed E-state index contributed by atoms with van der Waals surface area (Å²) in [5, 5.41) is 11.5. The lowest BCUT2D eigenvalue weighted by Gasteiger charge is -2.29. The molecule has 150 valence electrons.